The van der Waals surface area contributed by atoms with Crippen molar-refractivity contribution in [3.8, 4) is 0 Å². The number of hydrazone groups is 1. The highest BCUT2D eigenvalue weighted by Crippen LogP contribution is 2.24. The van der Waals surface area contributed by atoms with Gasteiger partial charge < -0.3 is 9.80 Å². The number of urea groups is 1. The van der Waals surface area contributed by atoms with E-state index in [-0.39, 0.29) is 12.5 Å². The lowest BCUT2D eigenvalue weighted by atomic mass is 10.1. The van der Waals surface area contributed by atoms with Gasteiger partial charge in [0, 0.05) is 24.1 Å². The second-order valence-electron chi connectivity index (χ2n) is 5.90. The maximum absolute atomic E-state index is 12.4. The summed E-state index contributed by atoms with van der Waals surface area (Å²) in [4.78, 5) is 44.6. The number of likely N-dealkylation sites (N-methyl/N-ethyl adjacent to an activating group) is 2. The summed E-state index contributed by atoms with van der Waals surface area (Å²) in [5.74, 6) is -0.782. The van der Waals surface area contributed by atoms with E-state index in [1.54, 1.807) is 7.05 Å². The van der Waals surface area contributed by atoms with Gasteiger partial charge in [0.15, 0.2) is 12.2 Å². The van der Waals surface area contributed by atoms with Gasteiger partial charge in [-0.3, -0.25) is 14.5 Å². The second kappa shape index (κ2) is 7.24. The van der Waals surface area contributed by atoms with Crippen molar-refractivity contribution < 1.29 is 14.4 Å². The number of hydrogen-bond donors (Lipinski definition) is 1. The van der Waals surface area contributed by atoms with Crippen LogP contribution in [0.4, 0.5) is 4.79 Å². The Morgan fingerprint density at radius 3 is 2.81 bits per heavy atom. The summed E-state index contributed by atoms with van der Waals surface area (Å²) in [5, 5.41) is 3.92. The van der Waals surface area contributed by atoms with E-state index in [0.29, 0.717) is 0 Å². The van der Waals surface area contributed by atoms with Gasteiger partial charge in [0.1, 0.15) is 6.54 Å². The molecule has 0 aliphatic carbocycles. The third-order valence-electron chi connectivity index (χ3n) is 4.20. The lowest BCUT2D eigenvalue weighted by Gasteiger charge is -2.39. The number of hydrogen-bond acceptors (Lipinski definition) is 6. The highest BCUT2D eigenvalue weighted by molar-refractivity contribution is 9.10. The van der Waals surface area contributed by atoms with Gasteiger partial charge in [-0.15, -0.1) is 0 Å². The van der Waals surface area contributed by atoms with Crippen molar-refractivity contribution in [3.63, 3.8) is 0 Å². The van der Waals surface area contributed by atoms with E-state index < -0.39 is 24.1 Å². The number of imide groups is 1. The first kappa shape index (κ1) is 18.1. The quantitative estimate of drug-likeness (QED) is 0.564. The molecular formula is C16H17BrN6O3. The van der Waals surface area contributed by atoms with E-state index in [9.17, 15) is 14.4 Å². The molecular weight excluding hydrogens is 404 g/mol. The number of amides is 4. The summed E-state index contributed by atoms with van der Waals surface area (Å²) < 4.78 is 0.857. The Bertz CT molecular complexity index is 811. The topological polar surface area (TPSA) is 97.7 Å². The lowest BCUT2D eigenvalue weighted by molar-refractivity contribution is -0.136. The number of carbonyl (C=O) groups excluding carboxylic acids is 3. The Labute approximate surface area is 158 Å². The van der Waals surface area contributed by atoms with Crippen molar-refractivity contribution >= 4 is 46.3 Å². The van der Waals surface area contributed by atoms with E-state index in [4.69, 9.17) is 0 Å². The van der Waals surface area contributed by atoms with Gasteiger partial charge in [0.25, 0.3) is 11.8 Å². The molecule has 9 nitrogen and oxygen atoms in total. The predicted molar refractivity (Wildman–Crippen MR) is 98.6 cm³/mol. The van der Waals surface area contributed by atoms with Gasteiger partial charge in [0.05, 0.1) is 12.6 Å². The molecule has 0 aromatic heterocycles. The van der Waals surface area contributed by atoms with Crippen molar-refractivity contribution in [1.82, 2.24) is 20.1 Å². The van der Waals surface area contributed by atoms with Gasteiger partial charge in [-0.05, 0) is 6.07 Å². The third-order valence-corrected chi connectivity index (χ3v) is 4.92. The molecule has 2 aliphatic rings. The number of rotatable bonds is 4. The lowest BCUT2D eigenvalue weighted by Crippen LogP contribution is -2.64. The molecule has 2 unspecified atom stereocenters. The zero-order valence-corrected chi connectivity index (χ0v) is 15.8. The fraction of sp³-hybridized carbons (Fsp3) is 0.312. The van der Waals surface area contributed by atoms with Gasteiger partial charge in [-0.1, -0.05) is 34.1 Å². The largest absolute Gasteiger partial charge is 0.338 e. The first-order chi connectivity index (χ1) is 12.4. The van der Waals surface area contributed by atoms with Gasteiger partial charge in [-0.25, -0.2) is 15.2 Å². The number of fused-ring (bicyclic) bond motifs is 1. The van der Waals surface area contributed by atoms with Crippen LogP contribution >= 0.6 is 15.9 Å². The molecule has 1 aromatic rings. The zero-order chi connectivity index (χ0) is 18.8. The molecule has 3 rings (SSSR count). The van der Waals surface area contributed by atoms with Crippen molar-refractivity contribution in [2.75, 3.05) is 20.6 Å². The van der Waals surface area contributed by atoms with E-state index in [0.717, 1.165) is 14.9 Å². The zero-order valence-electron chi connectivity index (χ0n) is 14.2. The van der Waals surface area contributed by atoms with Gasteiger partial charge in [0.2, 0.25) is 0 Å². The monoisotopic (exact) mass is 420 g/mol. The van der Waals surface area contributed by atoms with Crippen LogP contribution < -0.4 is 5.43 Å². The third kappa shape index (κ3) is 3.32. The average Bonchev–Trinajstić information content (AvgIpc) is 3.03. The first-order valence-electron chi connectivity index (χ1n) is 7.80. The molecule has 0 bridgehead atoms. The molecule has 10 heteroatoms. The van der Waals surface area contributed by atoms with Gasteiger partial charge in [-0.2, -0.15) is 5.10 Å². The number of aliphatic imine (C=N–C) groups is 1. The maximum Gasteiger partial charge on any atom is 0.328 e. The Balaban J connectivity index is 1.62. The van der Waals surface area contributed by atoms with E-state index in [1.165, 1.54) is 29.4 Å². The Morgan fingerprint density at radius 2 is 2.08 bits per heavy atom. The van der Waals surface area contributed by atoms with Crippen LogP contribution in [0.3, 0.4) is 0 Å². The highest BCUT2D eigenvalue weighted by Gasteiger charge is 2.48. The smallest absolute Gasteiger partial charge is 0.328 e. The summed E-state index contributed by atoms with van der Waals surface area (Å²) in [6, 6.07) is 6.33. The second-order valence-corrected chi connectivity index (χ2v) is 6.76. The molecule has 136 valence electrons. The normalized spacial score (nSPS) is 22.3. The Morgan fingerprint density at radius 1 is 1.35 bits per heavy atom. The molecule has 2 atom stereocenters. The molecule has 26 heavy (non-hydrogen) atoms. The Kier molecular flexibility index (Phi) is 5.03. The van der Waals surface area contributed by atoms with Crippen LogP contribution in [0.5, 0.6) is 0 Å². The van der Waals surface area contributed by atoms with E-state index in [1.807, 2.05) is 24.3 Å². The summed E-state index contributed by atoms with van der Waals surface area (Å²) in [6.45, 7) is -0.0976. The van der Waals surface area contributed by atoms with E-state index >= 15 is 0 Å². The van der Waals surface area contributed by atoms with Crippen LogP contribution in [0.15, 0.2) is 38.8 Å². The number of carbonyl (C=O) groups is 3. The number of halogens is 1. The molecule has 0 saturated carbocycles. The van der Waals surface area contributed by atoms with Crippen molar-refractivity contribution in [2.24, 2.45) is 10.1 Å². The van der Waals surface area contributed by atoms with Crippen LogP contribution in [-0.4, -0.2) is 77.9 Å². The fourth-order valence-electron chi connectivity index (χ4n) is 2.80. The molecule has 2 heterocycles. The van der Waals surface area contributed by atoms with Crippen LogP contribution in [0, 0.1) is 0 Å². The molecule has 0 radical (unpaired) electrons. The molecule has 0 spiro atoms. The minimum atomic E-state index is -0.708. The summed E-state index contributed by atoms with van der Waals surface area (Å²) in [5.41, 5.74) is 3.25. The number of nitrogens with zero attached hydrogens (tertiary/aromatic N) is 5. The van der Waals surface area contributed by atoms with Crippen LogP contribution in [0.25, 0.3) is 0 Å². The number of benzene rings is 1. The summed E-state index contributed by atoms with van der Waals surface area (Å²) in [6.07, 6.45) is 2.32. The number of nitrogens with one attached hydrogen (secondary N) is 1. The molecule has 4 amide bonds. The van der Waals surface area contributed by atoms with Crippen molar-refractivity contribution in [1.29, 1.82) is 0 Å². The van der Waals surface area contributed by atoms with Crippen molar-refractivity contribution in [2.45, 2.75) is 12.2 Å². The standard InChI is InChI=1S/C16H17BrN6O3/c1-21-14-13(15(25)22(2)16(21)26)23(9-18-14)8-12(24)20-19-7-10-5-3-4-6-11(10)17/h3-7,9,13-14H,8H2,1-2H3,(H,20,24)/b19-7+. The van der Waals surface area contributed by atoms with Crippen molar-refractivity contribution in [3.05, 3.63) is 34.3 Å². The molecule has 1 fully saturated rings. The Hall–Kier alpha value is -2.75. The van der Waals surface area contributed by atoms with E-state index in [2.05, 4.69) is 31.4 Å². The first-order valence-corrected chi connectivity index (χ1v) is 8.59. The minimum Gasteiger partial charge on any atom is -0.338 e. The van der Waals surface area contributed by atoms with Gasteiger partial charge >= 0.3 is 6.03 Å². The summed E-state index contributed by atoms with van der Waals surface area (Å²) >= 11 is 3.39. The summed E-state index contributed by atoms with van der Waals surface area (Å²) in [7, 11) is 2.99. The molecule has 1 N–H and O–H groups in total. The fourth-order valence-corrected chi connectivity index (χ4v) is 3.18. The molecule has 1 aromatic carbocycles. The van der Waals surface area contributed by atoms with Crippen LogP contribution in [-0.2, 0) is 9.59 Å². The molecule has 1 saturated heterocycles. The van der Waals surface area contributed by atoms with Crippen LogP contribution in [0.2, 0.25) is 0 Å². The average molecular weight is 421 g/mol. The highest BCUT2D eigenvalue weighted by atomic mass is 79.9. The minimum absolute atomic E-state index is 0.0976. The maximum atomic E-state index is 12.4. The predicted octanol–water partition coefficient (Wildman–Crippen LogP) is 0.462. The van der Waals surface area contributed by atoms with Crippen LogP contribution in [0.1, 0.15) is 5.56 Å². The molecule has 2 aliphatic heterocycles. The SMILES string of the molecule is CN1C(=O)C2C(N=CN2CC(=O)N/N=C/c2ccccc2Br)N(C)C1=O.